The van der Waals surface area contributed by atoms with E-state index in [1.54, 1.807) is 0 Å². The predicted octanol–water partition coefficient (Wildman–Crippen LogP) is 2.60. The van der Waals surface area contributed by atoms with Crippen LogP contribution < -0.4 is 10.6 Å². The summed E-state index contributed by atoms with van der Waals surface area (Å²) in [7, 11) is 1.26. The second-order valence-electron chi connectivity index (χ2n) is 2.90. The SMILES string of the molecule is CNC(=O)Nc1cc(C(F)(F)F)ccc1F. The zero-order valence-electron chi connectivity index (χ0n) is 8.15. The highest BCUT2D eigenvalue weighted by Gasteiger charge is 2.31. The molecule has 3 nitrogen and oxygen atoms in total. The van der Waals surface area contributed by atoms with Crippen LogP contribution in [-0.2, 0) is 6.18 Å². The maximum absolute atomic E-state index is 13.0. The molecule has 0 saturated carbocycles. The number of hydrogen-bond donors (Lipinski definition) is 2. The molecule has 0 aromatic heterocycles. The van der Waals surface area contributed by atoms with E-state index >= 15 is 0 Å². The van der Waals surface area contributed by atoms with Crippen LogP contribution in [0.15, 0.2) is 18.2 Å². The summed E-state index contributed by atoms with van der Waals surface area (Å²) < 4.78 is 49.8. The van der Waals surface area contributed by atoms with Gasteiger partial charge in [0.05, 0.1) is 11.3 Å². The van der Waals surface area contributed by atoms with Crippen molar-refractivity contribution in [2.24, 2.45) is 0 Å². The normalized spacial score (nSPS) is 11.1. The standard InChI is InChI=1S/C9H8F4N2O/c1-14-8(16)15-7-4-5(9(11,12)13)2-3-6(7)10/h2-4H,1H3,(H2,14,15,16). The summed E-state index contributed by atoms with van der Waals surface area (Å²) in [6.45, 7) is 0. The Kier molecular flexibility index (Phi) is 3.36. The van der Waals surface area contributed by atoms with Gasteiger partial charge in [0.15, 0.2) is 0 Å². The van der Waals surface area contributed by atoms with E-state index in [0.29, 0.717) is 18.2 Å². The number of urea groups is 1. The van der Waals surface area contributed by atoms with Gasteiger partial charge in [-0.25, -0.2) is 9.18 Å². The largest absolute Gasteiger partial charge is 0.416 e. The minimum atomic E-state index is -4.58. The Morgan fingerprint density at radius 2 is 1.94 bits per heavy atom. The Hall–Kier alpha value is -1.79. The first kappa shape index (κ1) is 12.3. The fraction of sp³-hybridized carbons (Fsp3) is 0.222. The lowest BCUT2D eigenvalue weighted by Crippen LogP contribution is -2.25. The Labute approximate surface area is 88.4 Å². The molecule has 0 aliphatic rings. The third-order valence-corrected chi connectivity index (χ3v) is 1.77. The molecule has 0 aliphatic heterocycles. The van der Waals surface area contributed by atoms with Crippen molar-refractivity contribution in [3.8, 4) is 0 Å². The maximum atomic E-state index is 13.0. The van der Waals surface area contributed by atoms with E-state index in [1.165, 1.54) is 7.05 Å². The summed E-state index contributed by atoms with van der Waals surface area (Å²) in [6, 6.07) is 0.987. The van der Waals surface area contributed by atoms with E-state index < -0.39 is 29.3 Å². The monoisotopic (exact) mass is 236 g/mol. The van der Waals surface area contributed by atoms with Crippen LogP contribution in [-0.4, -0.2) is 13.1 Å². The first-order valence-corrected chi connectivity index (χ1v) is 4.20. The Morgan fingerprint density at radius 1 is 1.31 bits per heavy atom. The van der Waals surface area contributed by atoms with Crippen LogP contribution >= 0.6 is 0 Å². The van der Waals surface area contributed by atoms with Crippen molar-refractivity contribution in [1.82, 2.24) is 5.32 Å². The summed E-state index contributed by atoms with van der Waals surface area (Å²) in [5, 5.41) is 4.05. The molecule has 2 N–H and O–H groups in total. The van der Waals surface area contributed by atoms with Gasteiger partial charge < -0.3 is 10.6 Å². The second-order valence-corrected chi connectivity index (χ2v) is 2.90. The van der Waals surface area contributed by atoms with E-state index in [9.17, 15) is 22.4 Å². The van der Waals surface area contributed by atoms with Crippen molar-refractivity contribution in [3.05, 3.63) is 29.6 Å². The van der Waals surface area contributed by atoms with Gasteiger partial charge in [-0.3, -0.25) is 0 Å². The van der Waals surface area contributed by atoms with Crippen molar-refractivity contribution in [2.75, 3.05) is 12.4 Å². The van der Waals surface area contributed by atoms with Crippen LogP contribution in [0.1, 0.15) is 5.56 Å². The van der Waals surface area contributed by atoms with E-state index in [-0.39, 0.29) is 0 Å². The number of carbonyl (C=O) groups excluding carboxylic acids is 1. The van der Waals surface area contributed by atoms with Gasteiger partial charge in [0, 0.05) is 7.05 Å². The van der Waals surface area contributed by atoms with Gasteiger partial charge in [0.25, 0.3) is 0 Å². The maximum Gasteiger partial charge on any atom is 0.416 e. The first-order chi connectivity index (χ1) is 7.34. The van der Waals surface area contributed by atoms with Crippen LogP contribution in [0.4, 0.5) is 28.0 Å². The zero-order chi connectivity index (χ0) is 12.3. The molecule has 0 unspecified atom stereocenters. The first-order valence-electron chi connectivity index (χ1n) is 4.20. The number of nitrogens with one attached hydrogen (secondary N) is 2. The lowest BCUT2D eigenvalue weighted by atomic mass is 10.2. The third kappa shape index (κ3) is 2.85. The smallest absolute Gasteiger partial charge is 0.341 e. The van der Waals surface area contributed by atoms with Crippen LogP contribution in [0.2, 0.25) is 0 Å². The molecule has 0 aliphatic carbocycles. The van der Waals surface area contributed by atoms with E-state index in [4.69, 9.17) is 0 Å². The zero-order valence-corrected chi connectivity index (χ0v) is 8.15. The molecule has 88 valence electrons. The summed E-state index contributed by atoms with van der Waals surface area (Å²) in [4.78, 5) is 10.8. The number of anilines is 1. The number of benzene rings is 1. The fourth-order valence-corrected chi connectivity index (χ4v) is 0.982. The molecule has 0 fully saturated rings. The summed E-state index contributed by atoms with van der Waals surface area (Å²) in [6.07, 6.45) is -4.58. The lowest BCUT2D eigenvalue weighted by Gasteiger charge is -2.10. The second kappa shape index (κ2) is 4.38. The van der Waals surface area contributed by atoms with Gasteiger partial charge >= 0.3 is 12.2 Å². The van der Waals surface area contributed by atoms with E-state index in [0.717, 1.165) is 0 Å². The Balaban J connectivity index is 3.04. The quantitative estimate of drug-likeness (QED) is 0.723. The van der Waals surface area contributed by atoms with Crippen LogP contribution in [0, 0.1) is 5.82 Å². The summed E-state index contributed by atoms with van der Waals surface area (Å²) in [5.74, 6) is -0.934. The molecule has 0 heterocycles. The highest BCUT2D eigenvalue weighted by Crippen LogP contribution is 2.31. The topological polar surface area (TPSA) is 41.1 Å². The van der Waals surface area contributed by atoms with Gasteiger partial charge in [-0.2, -0.15) is 13.2 Å². The van der Waals surface area contributed by atoms with Gasteiger partial charge in [-0.15, -0.1) is 0 Å². The molecule has 1 aromatic carbocycles. The van der Waals surface area contributed by atoms with Crippen LogP contribution in [0.25, 0.3) is 0 Å². The predicted molar refractivity (Wildman–Crippen MR) is 49.5 cm³/mol. The minimum Gasteiger partial charge on any atom is -0.341 e. The third-order valence-electron chi connectivity index (χ3n) is 1.77. The summed E-state index contributed by atoms with van der Waals surface area (Å²) >= 11 is 0. The average molecular weight is 236 g/mol. The molecule has 7 heteroatoms. The number of carbonyl (C=O) groups is 1. The molecular weight excluding hydrogens is 228 g/mol. The van der Waals surface area contributed by atoms with Gasteiger partial charge in [-0.05, 0) is 18.2 Å². The van der Waals surface area contributed by atoms with Gasteiger partial charge in [0.1, 0.15) is 5.82 Å². The van der Waals surface area contributed by atoms with E-state index in [1.807, 2.05) is 5.32 Å². The fourth-order valence-electron chi connectivity index (χ4n) is 0.982. The van der Waals surface area contributed by atoms with Crippen molar-refractivity contribution in [3.63, 3.8) is 0 Å². The molecule has 0 saturated heterocycles. The van der Waals surface area contributed by atoms with Crippen molar-refractivity contribution >= 4 is 11.7 Å². The highest BCUT2D eigenvalue weighted by molar-refractivity contribution is 5.89. The van der Waals surface area contributed by atoms with Crippen molar-refractivity contribution in [1.29, 1.82) is 0 Å². The lowest BCUT2D eigenvalue weighted by molar-refractivity contribution is -0.137. The molecule has 2 amide bonds. The van der Waals surface area contributed by atoms with Crippen LogP contribution in [0.5, 0.6) is 0 Å². The summed E-state index contributed by atoms with van der Waals surface area (Å²) in [5.41, 5.74) is -1.55. The Morgan fingerprint density at radius 3 is 2.44 bits per heavy atom. The molecule has 0 bridgehead atoms. The number of amides is 2. The highest BCUT2D eigenvalue weighted by atomic mass is 19.4. The number of hydrogen-bond acceptors (Lipinski definition) is 1. The molecule has 0 radical (unpaired) electrons. The van der Waals surface area contributed by atoms with E-state index in [2.05, 4.69) is 5.32 Å². The minimum absolute atomic E-state index is 0.519. The number of alkyl halides is 3. The molecule has 16 heavy (non-hydrogen) atoms. The molecular formula is C9H8F4N2O. The van der Waals surface area contributed by atoms with Crippen molar-refractivity contribution in [2.45, 2.75) is 6.18 Å². The number of halogens is 4. The average Bonchev–Trinajstić information content (AvgIpc) is 2.19. The molecule has 1 aromatic rings. The number of rotatable bonds is 1. The van der Waals surface area contributed by atoms with Gasteiger partial charge in [0.2, 0.25) is 0 Å². The molecule has 1 rings (SSSR count). The van der Waals surface area contributed by atoms with Crippen LogP contribution in [0.3, 0.4) is 0 Å². The van der Waals surface area contributed by atoms with Crippen molar-refractivity contribution < 1.29 is 22.4 Å². The molecule has 0 spiro atoms. The Bertz CT molecular complexity index is 403. The van der Waals surface area contributed by atoms with Gasteiger partial charge in [-0.1, -0.05) is 0 Å². The molecule has 0 atom stereocenters.